The maximum atomic E-state index is 12.7. The Bertz CT molecular complexity index is 530. The molecular formula is C22H36O3. The minimum atomic E-state index is -0.381. The van der Waals surface area contributed by atoms with Gasteiger partial charge >= 0.3 is 0 Å². The maximum Gasteiger partial charge on any atom is 0.147 e. The average molecular weight is 349 g/mol. The van der Waals surface area contributed by atoms with Crippen LogP contribution in [0.25, 0.3) is 0 Å². The topological polar surface area (TPSA) is 51.2 Å². The van der Waals surface area contributed by atoms with Gasteiger partial charge in [0.15, 0.2) is 0 Å². The van der Waals surface area contributed by atoms with Gasteiger partial charge in [-0.05, 0) is 49.9 Å². The van der Waals surface area contributed by atoms with Gasteiger partial charge in [0.25, 0.3) is 0 Å². The standard InChI is InChI=1S/C22H36O3/c1-7-22(5,6)20(25)15-10-8-14(9-11-15)12-16-18(23)13-17(19(16)24)21(2,3)4/h14-17H,7-13H2,1-6H3. The minimum absolute atomic E-state index is 0.117. The molecule has 2 saturated carbocycles. The van der Waals surface area contributed by atoms with E-state index in [4.69, 9.17) is 0 Å². The summed E-state index contributed by atoms with van der Waals surface area (Å²) in [5, 5.41) is 0. The number of rotatable bonds is 5. The second kappa shape index (κ2) is 7.32. The lowest BCUT2D eigenvalue weighted by Gasteiger charge is -2.33. The van der Waals surface area contributed by atoms with Crippen LogP contribution in [0.5, 0.6) is 0 Å². The first-order valence-corrected chi connectivity index (χ1v) is 10.1. The number of ketones is 3. The SMILES string of the molecule is CCC(C)(C)C(=O)C1CCC(CC2C(=O)CC(C(C)(C)C)C2=O)CC1. The van der Waals surface area contributed by atoms with Crippen LogP contribution in [0.1, 0.15) is 86.5 Å². The molecule has 3 nitrogen and oxygen atoms in total. The van der Waals surface area contributed by atoms with E-state index < -0.39 is 0 Å². The molecule has 2 rings (SSSR count). The summed E-state index contributed by atoms with van der Waals surface area (Å²) in [5.41, 5.74) is -0.355. The highest BCUT2D eigenvalue weighted by atomic mass is 16.2. The van der Waals surface area contributed by atoms with E-state index in [0.29, 0.717) is 24.5 Å². The summed E-state index contributed by atoms with van der Waals surface area (Å²) in [6, 6.07) is 0. The van der Waals surface area contributed by atoms with E-state index >= 15 is 0 Å². The summed E-state index contributed by atoms with van der Waals surface area (Å²) < 4.78 is 0. The van der Waals surface area contributed by atoms with E-state index in [0.717, 1.165) is 32.1 Å². The van der Waals surface area contributed by atoms with Gasteiger partial charge in [0.1, 0.15) is 17.3 Å². The lowest BCUT2D eigenvalue weighted by Crippen LogP contribution is -2.34. The molecule has 0 bridgehead atoms. The van der Waals surface area contributed by atoms with E-state index in [1.807, 2.05) is 13.8 Å². The molecule has 0 heterocycles. The number of hydrogen-bond acceptors (Lipinski definition) is 3. The summed E-state index contributed by atoms with van der Waals surface area (Å²) in [5.74, 6) is 0.808. The minimum Gasteiger partial charge on any atom is -0.299 e. The zero-order valence-corrected chi connectivity index (χ0v) is 17.0. The highest BCUT2D eigenvalue weighted by Gasteiger charge is 2.47. The van der Waals surface area contributed by atoms with E-state index in [2.05, 4.69) is 27.7 Å². The number of hydrogen-bond donors (Lipinski definition) is 0. The van der Waals surface area contributed by atoms with Crippen molar-refractivity contribution in [3.05, 3.63) is 0 Å². The fraction of sp³-hybridized carbons (Fsp3) is 0.864. The van der Waals surface area contributed by atoms with Crippen LogP contribution < -0.4 is 0 Å². The summed E-state index contributed by atoms with van der Waals surface area (Å²) in [7, 11) is 0. The summed E-state index contributed by atoms with van der Waals surface area (Å²) in [6.07, 6.45) is 5.81. The van der Waals surface area contributed by atoms with Crippen LogP contribution in [0.3, 0.4) is 0 Å². The first-order chi connectivity index (χ1) is 11.5. The Morgan fingerprint density at radius 2 is 1.56 bits per heavy atom. The second-order valence-electron chi connectivity index (χ2n) is 10.1. The molecule has 3 heteroatoms. The van der Waals surface area contributed by atoms with Crippen molar-refractivity contribution in [1.82, 2.24) is 0 Å². The Morgan fingerprint density at radius 1 is 1.00 bits per heavy atom. The van der Waals surface area contributed by atoms with E-state index in [1.165, 1.54) is 0 Å². The van der Waals surface area contributed by atoms with Crippen molar-refractivity contribution in [2.45, 2.75) is 86.5 Å². The van der Waals surface area contributed by atoms with Gasteiger partial charge in [0, 0.05) is 23.7 Å². The molecule has 0 aromatic carbocycles. The molecule has 0 aliphatic heterocycles. The largest absolute Gasteiger partial charge is 0.299 e. The highest BCUT2D eigenvalue weighted by molar-refractivity contribution is 6.10. The Balaban J connectivity index is 1.91. The Kier molecular flexibility index (Phi) is 5.95. The monoisotopic (exact) mass is 348 g/mol. The van der Waals surface area contributed by atoms with Crippen molar-refractivity contribution in [3.63, 3.8) is 0 Å². The summed E-state index contributed by atoms with van der Waals surface area (Å²) in [6.45, 7) is 12.3. The molecule has 2 fully saturated rings. The van der Waals surface area contributed by atoms with Crippen molar-refractivity contribution in [1.29, 1.82) is 0 Å². The molecule has 2 unspecified atom stereocenters. The van der Waals surface area contributed by atoms with Crippen LogP contribution in [0.15, 0.2) is 0 Å². The second-order valence-corrected chi connectivity index (χ2v) is 10.1. The third-order valence-corrected chi connectivity index (χ3v) is 6.86. The van der Waals surface area contributed by atoms with Crippen molar-refractivity contribution >= 4 is 17.3 Å². The van der Waals surface area contributed by atoms with E-state index in [9.17, 15) is 14.4 Å². The number of Topliss-reactive ketones (excluding diaryl/α,β-unsaturated/α-hetero) is 3. The Hall–Kier alpha value is -0.990. The first-order valence-electron chi connectivity index (χ1n) is 10.1. The lowest BCUT2D eigenvalue weighted by molar-refractivity contribution is -0.134. The van der Waals surface area contributed by atoms with E-state index in [1.54, 1.807) is 0 Å². The zero-order chi connectivity index (χ0) is 19.0. The Labute approximate surface area is 153 Å². The van der Waals surface area contributed by atoms with Crippen molar-refractivity contribution < 1.29 is 14.4 Å². The molecular weight excluding hydrogens is 312 g/mol. The highest BCUT2D eigenvalue weighted by Crippen LogP contribution is 2.43. The fourth-order valence-electron chi connectivity index (χ4n) is 4.55. The Morgan fingerprint density at radius 3 is 2.00 bits per heavy atom. The number of carbonyl (C=O) groups is 3. The van der Waals surface area contributed by atoms with Crippen LogP contribution in [0.4, 0.5) is 0 Å². The van der Waals surface area contributed by atoms with Crippen LogP contribution in [0, 0.1) is 34.5 Å². The van der Waals surface area contributed by atoms with Gasteiger partial charge in [-0.1, -0.05) is 41.5 Å². The van der Waals surface area contributed by atoms with Crippen LogP contribution in [-0.4, -0.2) is 17.3 Å². The quantitative estimate of drug-likeness (QED) is 0.656. The predicted molar refractivity (Wildman–Crippen MR) is 100 cm³/mol. The molecule has 0 saturated heterocycles. The molecule has 25 heavy (non-hydrogen) atoms. The van der Waals surface area contributed by atoms with Crippen molar-refractivity contribution in [2.75, 3.05) is 0 Å². The normalized spacial score (nSPS) is 31.4. The van der Waals surface area contributed by atoms with Gasteiger partial charge in [-0.3, -0.25) is 14.4 Å². The van der Waals surface area contributed by atoms with Crippen LogP contribution >= 0.6 is 0 Å². The van der Waals surface area contributed by atoms with Gasteiger partial charge in [-0.25, -0.2) is 0 Å². The first kappa shape index (κ1) is 20.3. The third kappa shape index (κ3) is 4.41. The van der Waals surface area contributed by atoms with Gasteiger partial charge in [0.05, 0.1) is 5.92 Å². The smallest absolute Gasteiger partial charge is 0.147 e. The van der Waals surface area contributed by atoms with Crippen molar-refractivity contribution in [2.24, 2.45) is 34.5 Å². The zero-order valence-electron chi connectivity index (χ0n) is 17.0. The van der Waals surface area contributed by atoms with Gasteiger partial charge in [-0.15, -0.1) is 0 Å². The summed E-state index contributed by atoms with van der Waals surface area (Å²) >= 11 is 0. The molecule has 2 aliphatic carbocycles. The molecule has 0 amide bonds. The molecule has 0 aromatic heterocycles. The molecule has 0 N–H and O–H groups in total. The van der Waals surface area contributed by atoms with E-state index in [-0.39, 0.29) is 40.2 Å². The third-order valence-electron chi connectivity index (χ3n) is 6.86. The molecule has 0 radical (unpaired) electrons. The fourth-order valence-corrected chi connectivity index (χ4v) is 4.55. The molecule has 0 aromatic rings. The maximum absolute atomic E-state index is 12.7. The van der Waals surface area contributed by atoms with Gasteiger partial charge in [0.2, 0.25) is 0 Å². The van der Waals surface area contributed by atoms with Crippen LogP contribution in [-0.2, 0) is 14.4 Å². The van der Waals surface area contributed by atoms with Gasteiger partial charge < -0.3 is 0 Å². The average Bonchev–Trinajstić information content (AvgIpc) is 2.83. The molecule has 142 valence electrons. The predicted octanol–water partition coefficient (Wildman–Crippen LogP) is 5.01. The lowest BCUT2D eigenvalue weighted by atomic mass is 9.70. The molecule has 2 aliphatic rings. The number of carbonyl (C=O) groups excluding carboxylic acids is 3. The van der Waals surface area contributed by atoms with Crippen molar-refractivity contribution in [3.8, 4) is 0 Å². The molecule has 0 spiro atoms. The summed E-state index contributed by atoms with van der Waals surface area (Å²) in [4.78, 5) is 37.7. The van der Waals surface area contributed by atoms with Gasteiger partial charge in [-0.2, -0.15) is 0 Å². The molecule has 2 atom stereocenters. The van der Waals surface area contributed by atoms with Crippen LogP contribution in [0.2, 0.25) is 0 Å².